The number of carbonyl (C=O) groups excluding carboxylic acids is 2. The smallest absolute Gasteiger partial charge is 0.306 e. The van der Waals surface area contributed by atoms with Crippen LogP contribution >= 0.6 is 0 Å². The van der Waals surface area contributed by atoms with Gasteiger partial charge in [0.05, 0.1) is 12.5 Å². The van der Waals surface area contributed by atoms with Gasteiger partial charge in [-0.3, -0.25) is 14.7 Å². The first-order valence-electron chi connectivity index (χ1n) is 6.14. The quantitative estimate of drug-likeness (QED) is 0.779. The molecule has 0 fully saturated rings. The maximum atomic E-state index is 11.6. The molecule has 0 saturated heterocycles. The number of carbonyl (C=O) groups is 2. The van der Waals surface area contributed by atoms with Crippen LogP contribution in [0.3, 0.4) is 0 Å². The van der Waals surface area contributed by atoms with Gasteiger partial charge in [0, 0.05) is 6.42 Å². The van der Waals surface area contributed by atoms with Crippen molar-refractivity contribution in [2.45, 2.75) is 52.2 Å². The number of H-pyrrole nitrogens is 1. The first-order chi connectivity index (χ1) is 8.78. The van der Waals surface area contributed by atoms with E-state index in [1.54, 1.807) is 27.7 Å². The highest BCUT2D eigenvalue weighted by molar-refractivity contribution is 5.81. The van der Waals surface area contributed by atoms with Gasteiger partial charge in [-0.1, -0.05) is 0 Å². The monoisotopic (exact) mass is 268 g/mol. The van der Waals surface area contributed by atoms with Gasteiger partial charge in [0.25, 0.3) is 0 Å². The number of amides is 1. The Hall–Kier alpha value is -1.92. The van der Waals surface area contributed by atoms with Crippen LogP contribution in [0.2, 0.25) is 0 Å². The molecule has 1 amide bonds. The normalized spacial score (nSPS) is 12.8. The zero-order valence-corrected chi connectivity index (χ0v) is 11.7. The van der Waals surface area contributed by atoms with Gasteiger partial charge in [0.15, 0.2) is 0 Å². The summed E-state index contributed by atoms with van der Waals surface area (Å²) in [6, 6.07) is -0.270. The van der Waals surface area contributed by atoms with Crippen molar-refractivity contribution in [1.82, 2.24) is 20.5 Å². The molecule has 2 N–H and O–H groups in total. The summed E-state index contributed by atoms with van der Waals surface area (Å²) < 4.78 is 5.12. The average Bonchev–Trinajstić information content (AvgIpc) is 2.77. The summed E-state index contributed by atoms with van der Waals surface area (Å²) in [6.45, 7) is 7.15. The fraction of sp³-hybridized carbons (Fsp3) is 0.667. The Kier molecular flexibility index (Phi) is 5.02. The molecule has 0 aromatic carbocycles. The lowest BCUT2D eigenvalue weighted by Crippen LogP contribution is -2.29. The van der Waals surface area contributed by atoms with Gasteiger partial charge in [-0.15, -0.1) is 0 Å². The van der Waals surface area contributed by atoms with Crippen LogP contribution in [0.5, 0.6) is 0 Å². The van der Waals surface area contributed by atoms with Gasteiger partial charge in [0.1, 0.15) is 17.8 Å². The Balaban J connectivity index is 2.30. The van der Waals surface area contributed by atoms with E-state index in [2.05, 4.69) is 20.5 Å². The van der Waals surface area contributed by atoms with Crippen LogP contribution in [0.4, 0.5) is 0 Å². The molecule has 1 aromatic rings. The average molecular weight is 268 g/mol. The molecule has 0 aliphatic carbocycles. The molecule has 0 aliphatic heterocycles. The van der Waals surface area contributed by atoms with Gasteiger partial charge in [-0.2, -0.15) is 5.10 Å². The number of ether oxygens (including phenoxy) is 1. The molecule has 1 aromatic heterocycles. The number of nitrogens with one attached hydrogen (secondary N) is 2. The van der Waals surface area contributed by atoms with Crippen molar-refractivity contribution >= 4 is 11.9 Å². The van der Waals surface area contributed by atoms with Gasteiger partial charge in [0.2, 0.25) is 5.91 Å². The third-order valence-corrected chi connectivity index (χ3v) is 2.20. The van der Waals surface area contributed by atoms with Gasteiger partial charge in [-0.25, -0.2) is 4.98 Å². The molecule has 19 heavy (non-hydrogen) atoms. The Bertz CT molecular complexity index is 423. The van der Waals surface area contributed by atoms with Crippen LogP contribution in [0.15, 0.2) is 6.33 Å². The van der Waals surface area contributed by atoms with Crippen molar-refractivity contribution in [1.29, 1.82) is 0 Å². The van der Waals surface area contributed by atoms with Crippen molar-refractivity contribution in [2.24, 2.45) is 0 Å². The summed E-state index contributed by atoms with van der Waals surface area (Å²) in [5, 5.41) is 9.09. The standard InChI is InChI=1S/C12H20N4O3/c1-8(11-13-7-14-16-11)15-9(17)5-6-10(18)19-12(2,3)4/h7-8H,5-6H2,1-4H3,(H,15,17)(H,13,14,16). The molecule has 0 radical (unpaired) electrons. The molecule has 0 spiro atoms. The molecule has 1 unspecified atom stereocenters. The summed E-state index contributed by atoms with van der Waals surface area (Å²) in [7, 11) is 0. The Morgan fingerprint density at radius 3 is 2.63 bits per heavy atom. The van der Waals surface area contributed by atoms with Crippen molar-refractivity contribution < 1.29 is 14.3 Å². The van der Waals surface area contributed by atoms with Crippen LogP contribution in [-0.4, -0.2) is 32.7 Å². The SMILES string of the molecule is CC(NC(=O)CCC(=O)OC(C)(C)C)c1ncn[nH]1. The largest absolute Gasteiger partial charge is 0.460 e. The number of nitrogens with zero attached hydrogens (tertiary/aromatic N) is 2. The lowest BCUT2D eigenvalue weighted by molar-refractivity contribution is -0.155. The highest BCUT2D eigenvalue weighted by Gasteiger charge is 2.18. The van der Waals surface area contributed by atoms with Gasteiger partial charge >= 0.3 is 5.97 Å². The molecule has 0 aliphatic rings. The molecule has 106 valence electrons. The van der Waals surface area contributed by atoms with E-state index in [0.717, 1.165) is 0 Å². The molecule has 1 rings (SSSR count). The van der Waals surface area contributed by atoms with E-state index in [4.69, 9.17) is 4.74 Å². The Morgan fingerprint density at radius 2 is 2.11 bits per heavy atom. The molecular formula is C12H20N4O3. The minimum atomic E-state index is -0.527. The van der Waals surface area contributed by atoms with Crippen molar-refractivity contribution in [3.63, 3.8) is 0 Å². The molecule has 1 atom stereocenters. The van der Waals surface area contributed by atoms with Crippen LogP contribution in [0.1, 0.15) is 52.4 Å². The van der Waals surface area contributed by atoms with Crippen molar-refractivity contribution in [3.8, 4) is 0 Å². The lowest BCUT2D eigenvalue weighted by Gasteiger charge is -2.19. The predicted octanol–water partition coefficient (Wildman–Crippen LogP) is 1.10. The number of hydrogen-bond acceptors (Lipinski definition) is 5. The van der Waals surface area contributed by atoms with Gasteiger partial charge in [-0.05, 0) is 27.7 Å². The van der Waals surface area contributed by atoms with E-state index >= 15 is 0 Å². The second-order valence-corrected chi connectivity index (χ2v) is 5.25. The molecule has 7 heteroatoms. The molecule has 1 heterocycles. The Labute approximate surface area is 112 Å². The topological polar surface area (TPSA) is 97.0 Å². The van der Waals surface area contributed by atoms with Gasteiger partial charge < -0.3 is 10.1 Å². The van der Waals surface area contributed by atoms with Crippen molar-refractivity contribution in [2.75, 3.05) is 0 Å². The van der Waals surface area contributed by atoms with E-state index in [1.165, 1.54) is 6.33 Å². The third-order valence-electron chi connectivity index (χ3n) is 2.20. The van der Waals surface area contributed by atoms with Crippen molar-refractivity contribution in [3.05, 3.63) is 12.2 Å². The van der Waals surface area contributed by atoms with Crippen LogP contribution in [0.25, 0.3) is 0 Å². The number of rotatable bonds is 5. The van der Waals surface area contributed by atoms with Crippen LogP contribution in [-0.2, 0) is 14.3 Å². The van der Waals surface area contributed by atoms with Crippen LogP contribution < -0.4 is 5.32 Å². The number of esters is 1. The maximum Gasteiger partial charge on any atom is 0.306 e. The first-order valence-corrected chi connectivity index (χ1v) is 6.14. The maximum absolute atomic E-state index is 11.6. The molecule has 0 bridgehead atoms. The van der Waals surface area contributed by atoms with E-state index in [1.807, 2.05) is 0 Å². The summed E-state index contributed by atoms with van der Waals surface area (Å²) >= 11 is 0. The number of aromatic amines is 1. The van der Waals surface area contributed by atoms with E-state index in [9.17, 15) is 9.59 Å². The first kappa shape index (κ1) is 15.1. The van der Waals surface area contributed by atoms with E-state index in [0.29, 0.717) is 5.82 Å². The fourth-order valence-corrected chi connectivity index (χ4v) is 1.41. The summed E-state index contributed by atoms with van der Waals surface area (Å²) in [5.74, 6) is -0.0321. The second kappa shape index (κ2) is 6.31. The zero-order valence-electron chi connectivity index (χ0n) is 11.7. The minimum Gasteiger partial charge on any atom is -0.460 e. The van der Waals surface area contributed by atoms with E-state index < -0.39 is 5.60 Å². The lowest BCUT2D eigenvalue weighted by atomic mass is 10.2. The highest BCUT2D eigenvalue weighted by atomic mass is 16.6. The van der Waals surface area contributed by atoms with E-state index in [-0.39, 0.29) is 30.8 Å². The number of hydrogen-bond donors (Lipinski definition) is 2. The highest BCUT2D eigenvalue weighted by Crippen LogP contribution is 2.10. The second-order valence-electron chi connectivity index (χ2n) is 5.25. The zero-order chi connectivity index (χ0) is 14.5. The third kappa shape index (κ3) is 5.98. The van der Waals surface area contributed by atoms with Crippen LogP contribution in [0, 0.1) is 0 Å². The summed E-state index contributed by atoms with van der Waals surface area (Å²) in [4.78, 5) is 27.0. The molecule has 0 saturated carbocycles. The number of aromatic nitrogens is 3. The predicted molar refractivity (Wildman–Crippen MR) is 68.0 cm³/mol. The Morgan fingerprint density at radius 1 is 1.42 bits per heavy atom. The molecule has 7 nitrogen and oxygen atoms in total. The minimum absolute atomic E-state index is 0.0617. The summed E-state index contributed by atoms with van der Waals surface area (Å²) in [5.41, 5.74) is -0.527. The summed E-state index contributed by atoms with van der Waals surface area (Å²) in [6.07, 6.45) is 1.53. The fourth-order valence-electron chi connectivity index (χ4n) is 1.41. The molecular weight excluding hydrogens is 248 g/mol.